The minimum Gasteiger partial charge on any atom is -0.481 e. The first-order valence-corrected chi connectivity index (χ1v) is 16.0. The Kier molecular flexibility index (Phi) is 10.6. The zero-order chi connectivity index (χ0) is 33.2. The molecule has 2 aromatic heterocycles. The third-order valence-corrected chi connectivity index (χ3v) is 9.01. The first-order chi connectivity index (χ1) is 21.2. The van der Waals surface area contributed by atoms with Crippen molar-refractivity contribution in [3.63, 3.8) is 0 Å². The van der Waals surface area contributed by atoms with Gasteiger partial charge in [0.25, 0.3) is 0 Å². The Morgan fingerprint density at radius 1 is 0.933 bits per heavy atom. The highest BCUT2D eigenvalue weighted by Gasteiger charge is 2.30. The molecule has 1 saturated heterocycles. The third-order valence-electron chi connectivity index (χ3n) is 8.57. The number of thiol groups is 2. The maximum absolute atomic E-state index is 12.6. The van der Waals surface area contributed by atoms with E-state index < -0.39 is 11.9 Å². The van der Waals surface area contributed by atoms with Crippen LogP contribution in [-0.4, -0.2) is 61.0 Å². The summed E-state index contributed by atoms with van der Waals surface area (Å²) in [6.45, 7) is 9.40. The Morgan fingerprint density at radius 3 is 2.16 bits per heavy atom. The molecule has 6 N–H and O–H groups in total. The molecule has 2 aromatic rings. The quantitative estimate of drug-likeness (QED) is 0.174. The Balaban J connectivity index is 1.90. The van der Waals surface area contributed by atoms with Crippen LogP contribution in [0.5, 0.6) is 0 Å². The van der Waals surface area contributed by atoms with E-state index in [1.54, 1.807) is 0 Å². The number of hydrogen-bond donors (Lipinski definition) is 8. The zero-order valence-corrected chi connectivity index (χ0v) is 27.8. The zero-order valence-electron chi connectivity index (χ0n) is 26.0. The molecular weight excluding hydrogens is 613 g/mol. The van der Waals surface area contributed by atoms with Gasteiger partial charge in [0.05, 0.1) is 12.0 Å². The van der Waals surface area contributed by atoms with Gasteiger partial charge in [0.15, 0.2) is 0 Å². The number of carboxylic acids is 2. The Hall–Kier alpha value is -3.90. The molecule has 2 amide bonds. The molecule has 45 heavy (non-hydrogen) atoms. The fourth-order valence-corrected chi connectivity index (χ4v) is 6.55. The smallest absolute Gasteiger partial charge is 0.303 e. The lowest BCUT2D eigenvalue weighted by Gasteiger charge is -2.06. The topological polar surface area (TPSA) is 164 Å². The number of carbonyl (C=O) groups is 4. The monoisotopic (exact) mass is 652 g/mol. The summed E-state index contributed by atoms with van der Waals surface area (Å²) in [6, 6.07) is -0.347. The lowest BCUT2D eigenvalue weighted by atomic mass is 10.00. The van der Waals surface area contributed by atoms with E-state index in [-0.39, 0.29) is 54.7 Å². The fourth-order valence-electron chi connectivity index (χ4n) is 6.03. The highest BCUT2D eigenvalue weighted by molar-refractivity contribution is 7.81. The van der Waals surface area contributed by atoms with Crippen LogP contribution in [0.25, 0.3) is 18.2 Å². The van der Waals surface area contributed by atoms with Gasteiger partial charge in [0.2, 0.25) is 11.8 Å². The Bertz CT molecular complexity index is 1780. The molecule has 0 radical (unpaired) electrons. The normalized spacial score (nSPS) is 21.8. The average Bonchev–Trinajstić information content (AvgIpc) is 3.60. The molecule has 3 atom stereocenters. The summed E-state index contributed by atoms with van der Waals surface area (Å²) in [5.41, 5.74) is 7.74. The van der Waals surface area contributed by atoms with Crippen LogP contribution in [0.2, 0.25) is 0 Å². The SMILES string of the molecule is CC1=C([C@@H](C)S)C(=O)N[C@@H]1/C=c1/[nH]/c(=C\c2[nH]c(/C=C3\NC(=O)C(C)\C3=C/CS)c(C)c2CCC(=O)O)c(CCC(=O)O)c1C. The highest BCUT2D eigenvalue weighted by Crippen LogP contribution is 2.30. The van der Waals surface area contributed by atoms with Crippen LogP contribution in [0.15, 0.2) is 28.5 Å². The molecule has 240 valence electrons. The van der Waals surface area contributed by atoms with E-state index in [4.69, 9.17) is 0 Å². The molecule has 12 heteroatoms. The van der Waals surface area contributed by atoms with E-state index in [0.717, 1.165) is 44.4 Å². The van der Waals surface area contributed by atoms with E-state index in [9.17, 15) is 29.4 Å². The second-order valence-electron chi connectivity index (χ2n) is 11.5. The van der Waals surface area contributed by atoms with E-state index >= 15 is 0 Å². The molecule has 0 saturated carbocycles. The maximum atomic E-state index is 12.6. The first-order valence-electron chi connectivity index (χ1n) is 14.8. The number of H-pyrrole nitrogens is 2. The summed E-state index contributed by atoms with van der Waals surface area (Å²) in [7, 11) is 0. The summed E-state index contributed by atoms with van der Waals surface area (Å²) in [5, 5.41) is 26.1. The van der Waals surface area contributed by atoms with Gasteiger partial charge in [-0.1, -0.05) is 6.08 Å². The van der Waals surface area contributed by atoms with Crippen LogP contribution in [0.3, 0.4) is 0 Å². The minimum absolute atomic E-state index is 0.0789. The van der Waals surface area contributed by atoms with Gasteiger partial charge in [-0.25, -0.2) is 0 Å². The third kappa shape index (κ3) is 7.33. The molecule has 1 fully saturated rings. The number of aliphatic carboxylic acids is 2. The molecule has 0 bridgehead atoms. The van der Waals surface area contributed by atoms with Gasteiger partial charge in [-0.15, -0.1) is 0 Å². The predicted octanol–water partition coefficient (Wildman–Crippen LogP) is 2.70. The van der Waals surface area contributed by atoms with E-state index in [1.165, 1.54) is 0 Å². The maximum Gasteiger partial charge on any atom is 0.303 e. The van der Waals surface area contributed by atoms with Crippen molar-refractivity contribution in [2.45, 2.75) is 71.6 Å². The van der Waals surface area contributed by atoms with Crippen molar-refractivity contribution < 1.29 is 29.4 Å². The van der Waals surface area contributed by atoms with Crippen LogP contribution in [0, 0.1) is 19.8 Å². The van der Waals surface area contributed by atoms with E-state index in [2.05, 4.69) is 45.9 Å². The molecule has 2 aliphatic heterocycles. The molecule has 2 aliphatic rings. The number of aromatic amines is 2. The number of hydrogen-bond acceptors (Lipinski definition) is 6. The van der Waals surface area contributed by atoms with Crippen molar-refractivity contribution in [2.75, 3.05) is 5.75 Å². The second kappa shape index (κ2) is 14.0. The second-order valence-corrected chi connectivity index (χ2v) is 12.7. The van der Waals surface area contributed by atoms with Crippen molar-refractivity contribution in [3.05, 3.63) is 72.8 Å². The van der Waals surface area contributed by atoms with E-state index in [0.29, 0.717) is 28.1 Å². The predicted molar refractivity (Wildman–Crippen MR) is 181 cm³/mol. The number of nitrogens with one attached hydrogen (secondary N) is 4. The molecule has 4 heterocycles. The van der Waals surface area contributed by atoms with Crippen molar-refractivity contribution in [1.29, 1.82) is 0 Å². The lowest BCUT2D eigenvalue weighted by Crippen LogP contribution is -2.29. The van der Waals surface area contributed by atoms with Crippen LogP contribution in [0.1, 0.15) is 67.3 Å². The summed E-state index contributed by atoms with van der Waals surface area (Å²) in [5.74, 6) is -1.97. The Labute approximate surface area is 272 Å². The number of carboxylic acid groups (broad SMARTS) is 2. The average molecular weight is 653 g/mol. The number of allylic oxidation sites excluding steroid dienone is 1. The largest absolute Gasteiger partial charge is 0.481 e. The molecule has 10 nitrogen and oxygen atoms in total. The summed E-state index contributed by atoms with van der Waals surface area (Å²) in [6.07, 6.45) is 7.93. The van der Waals surface area contributed by atoms with Crippen molar-refractivity contribution in [1.82, 2.24) is 20.6 Å². The lowest BCUT2D eigenvalue weighted by molar-refractivity contribution is -0.138. The van der Waals surface area contributed by atoms with Gasteiger partial charge in [0.1, 0.15) is 0 Å². The summed E-state index contributed by atoms with van der Waals surface area (Å²) in [4.78, 5) is 55.0. The first kappa shape index (κ1) is 34.0. The number of amides is 2. The van der Waals surface area contributed by atoms with Gasteiger partial charge >= 0.3 is 11.9 Å². The van der Waals surface area contributed by atoms with E-state index in [1.807, 2.05) is 58.9 Å². The molecule has 0 aliphatic carbocycles. The Morgan fingerprint density at radius 2 is 1.58 bits per heavy atom. The highest BCUT2D eigenvalue weighted by atomic mass is 32.1. The number of rotatable bonds is 11. The molecule has 4 rings (SSSR count). The van der Waals surface area contributed by atoms with Crippen LogP contribution in [-0.2, 0) is 32.0 Å². The molecule has 0 spiro atoms. The molecule has 0 aromatic carbocycles. The molecular formula is C33H40N4O6S2. The van der Waals surface area contributed by atoms with Crippen molar-refractivity contribution in [3.8, 4) is 0 Å². The van der Waals surface area contributed by atoms with Crippen LogP contribution < -0.4 is 21.3 Å². The van der Waals surface area contributed by atoms with Gasteiger partial charge < -0.3 is 30.8 Å². The van der Waals surface area contributed by atoms with Crippen molar-refractivity contribution in [2.24, 2.45) is 5.92 Å². The summed E-state index contributed by atoms with van der Waals surface area (Å²) < 4.78 is 0. The van der Waals surface area contributed by atoms with Gasteiger partial charge in [-0.05, 0) is 99.1 Å². The minimum atomic E-state index is -0.927. The van der Waals surface area contributed by atoms with Crippen LogP contribution >= 0.6 is 25.3 Å². The number of aromatic nitrogens is 2. The fraction of sp³-hybridized carbons (Fsp3) is 0.394. The summed E-state index contributed by atoms with van der Waals surface area (Å²) >= 11 is 8.76. The van der Waals surface area contributed by atoms with Gasteiger partial charge in [0, 0.05) is 57.2 Å². The number of carbonyl (C=O) groups excluding carboxylic acids is 2. The van der Waals surface area contributed by atoms with Crippen molar-refractivity contribution >= 4 is 67.2 Å². The van der Waals surface area contributed by atoms with Gasteiger partial charge in [-0.3, -0.25) is 19.2 Å². The van der Waals surface area contributed by atoms with Gasteiger partial charge in [-0.2, -0.15) is 25.3 Å². The molecule has 1 unspecified atom stereocenters. The standard InChI is InChI=1S/C33H40N4O6S2/c1-15-20(6-8-29(38)39)26(34-23(15)12-25-18(4)31(19(5)45)33(43)36-25)14-27-21(7-9-30(40)41)16(2)24(35-27)13-28-22(10-11-44)17(3)32(42)37-28/h10,12-14,17,19,25,34-35,44-45H,6-9,11H2,1-5H3,(H,36,43)(H,37,42)(H,38,39)(H,40,41)/b22-10+,23-12+,26-14-,28-13-/t17?,19-,25-/m1/s1. The van der Waals surface area contributed by atoms with Crippen LogP contribution in [0.4, 0.5) is 0 Å².